The lowest BCUT2D eigenvalue weighted by molar-refractivity contribution is -0.134. The van der Waals surface area contributed by atoms with Crippen molar-refractivity contribution in [3.05, 3.63) is 18.2 Å². The molecule has 0 saturated carbocycles. The van der Waals surface area contributed by atoms with E-state index in [-0.39, 0.29) is 18.0 Å². The Morgan fingerprint density at radius 3 is 2.73 bits per heavy atom. The first kappa shape index (κ1) is 18.7. The summed E-state index contributed by atoms with van der Waals surface area (Å²) < 4.78 is 7.76. The number of aryl methyl sites for hydroxylation is 2. The third-order valence-corrected chi connectivity index (χ3v) is 5.75. The Bertz CT molecular complexity index is 649. The van der Waals surface area contributed by atoms with E-state index in [1.165, 1.54) is 0 Å². The summed E-state index contributed by atoms with van der Waals surface area (Å²) in [5.74, 6) is 1.09. The quantitative estimate of drug-likeness (QED) is 0.780. The molecule has 3 heterocycles. The van der Waals surface area contributed by atoms with Crippen LogP contribution in [0.2, 0.25) is 0 Å². The molecule has 3 rings (SSSR count). The van der Waals surface area contributed by atoms with Gasteiger partial charge in [0.15, 0.2) is 0 Å². The molecule has 2 amide bonds. The lowest BCUT2D eigenvalue weighted by atomic mass is 9.90. The molecule has 0 radical (unpaired) electrons. The number of hydrogen-bond acceptors (Lipinski definition) is 4. The van der Waals surface area contributed by atoms with Crippen LogP contribution in [0.25, 0.3) is 0 Å². The van der Waals surface area contributed by atoms with Crippen molar-refractivity contribution in [1.29, 1.82) is 0 Å². The predicted octanol–water partition coefficient (Wildman–Crippen LogP) is 2.58. The first-order chi connectivity index (χ1) is 12.4. The molecular formula is C19H30N4O3. The number of ether oxygens (including phenoxy) is 1. The molecule has 1 spiro atoms. The molecule has 1 aromatic rings. The Labute approximate surface area is 155 Å². The number of hydrogen-bond donors (Lipinski definition) is 0. The number of likely N-dealkylation sites (tertiary alicyclic amines) is 1. The van der Waals surface area contributed by atoms with Crippen LogP contribution in [0.1, 0.15) is 51.8 Å². The summed E-state index contributed by atoms with van der Waals surface area (Å²) in [5, 5.41) is 0. The molecule has 1 atom stereocenters. The van der Waals surface area contributed by atoms with E-state index in [0.29, 0.717) is 32.6 Å². The number of nitrogens with zero attached hydrogens (tertiary/aromatic N) is 4. The molecule has 2 saturated heterocycles. The monoisotopic (exact) mass is 362 g/mol. The summed E-state index contributed by atoms with van der Waals surface area (Å²) in [5.41, 5.74) is -0.406. The van der Waals surface area contributed by atoms with Gasteiger partial charge in [0, 0.05) is 57.3 Å². The summed E-state index contributed by atoms with van der Waals surface area (Å²) in [4.78, 5) is 32.7. The number of carbonyl (C=O) groups is 2. The molecule has 144 valence electrons. The smallest absolute Gasteiger partial charge is 0.410 e. The third-order valence-electron chi connectivity index (χ3n) is 5.75. The maximum Gasteiger partial charge on any atom is 0.410 e. The minimum absolute atomic E-state index is 0.161. The maximum atomic E-state index is 12.5. The fourth-order valence-corrected chi connectivity index (χ4v) is 4.00. The van der Waals surface area contributed by atoms with Gasteiger partial charge in [0.1, 0.15) is 11.4 Å². The van der Waals surface area contributed by atoms with E-state index in [1.807, 2.05) is 27.5 Å². The SMILES string of the molecule is CCC[C@H](C)N1CC2(CCN(C(=O)CCn3ccnc3C)CC2)OC1=O. The van der Waals surface area contributed by atoms with Gasteiger partial charge in [-0.1, -0.05) is 13.3 Å². The van der Waals surface area contributed by atoms with Crippen LogP contribution < -0.4 is 0 Å². The van der Waals surface area contributed by atoms with Crippen molar-refractivity contribution in [2.45, 2.75) is 71.1 Å². The van der Waals surface area contributed by atoms with Gasteiger partial charge in [0.05, 0.1) is 6.54 Å². The van der Waals surface area contributed by atoms with Gasteiger partial charge in [-0.05, 0) is 20.3 Å². The highest BCUT2D eigenvalue weighted by atomic mass is 16.6. The topological polar surface area (TPSA) is 67.7 Å². The summed E-state index contributed by atoms with van der Waals surface area (Å²) in [6, 6.07) is 0.213. The molecule has 1 aromatic heterocycles. The average molecular weight is 362 g/mol. The first-order valence-electron chi connectivity index (χ1n) is 9.69. The fourth-order valence-electron chi connectivity index (χ4n) is 4.00. The van der Waals surface area contributed by atoms with Crippen molar-refractivity contribution in [3.63, 3.8) is 0 Å². The van der Waals surface area contributed by atoms with Gasteiger partial charge in [0.25, 0.3) is 0 Å². The maximum absolute atomic E-state index is 12.5. The van der Waals surface area contributed by atoms with Crippen LogP contribution in [0.3, 0.4) is 0 Å². The van der Waals surface area contributed by atoms with Gasteiger partial charge >= 0.3 is 6.09 Å². The number of imidazole rings is 1. The van der Waals surface area contributed by atoms with Crippen molar-refractivity contribution >= 4 is 12.0 Å². The molecule has 2 aliphatic rings. The Hall–Kier alpha value is -2.05. The summed E-state index contributed by atoms with van der Waals surface area (Å²) >= 11 is 0. The van der Waals surface area contributed by atoms with Crippen LogP contribution in [0.5, 0.6) is 0 Å². The first-order valence-corrected chi connectivity index (χ1v) is 9.69. The second-order valence-corrected chi connectivity index (χ2v) is 7.62. The predicted molar refractivity (Wildman–Crippen MR) is 97.7 cm³/mol. The van der Waals surface area contributed by atoms with Crippen LogP contribution in [0.4, 0.5) is 4.79 Å². The minimum Gasteiger partial charge on any atom is -0.441 e. The van der Waals surface area contributed by atoms with E-state index in [2.05, 4.69) is 18.8 Å². The minimum atomic E-state index is -0.406. The largest absolute Gasteiger partial charge is 0.441 e. The Balaban J connectivity index is 1.50. The van der Waals surface area contributed by atoms with Crippen LogP contribution in [0.15, 0.2) is 12.4 Å². The van der Waals surface area contributed by atoms with Crippen LogP contribution in [-0.2, 0) is 16.1 Å². The van der Waals surface area contributed by atoms with Gasteiger partial charge in [-0.2, -0.15) is 0 Å². The van der Waals surface area contributed by atoms with Gasteiger partial charge in [0.2, 0.25) is 5.91 Å². The Morgan fingerprint density at radius 1 is 1.38 bits per heavy atom. The molecule has 0 unspecified atom stereocenters. The van der Waals surface area contributed by atoms with Gasteiger partial charge < -0.3 is 19.1 Å². The molecule has 0 aliphatic carbocycles. The molecule has 7 nitrogen and oxygen atoms in total. The molecule has 2 aliphatic heterocycles. The zero-order valence-corrected chi connectivity index (χ0v) is 16.1. The van der Waals surface area contributed by atoms with Crippen LogP contribution >= 0.6 is 0 Å². The standard InChI is InChI=1S/C19H30N4O3/c1-4-5-15(2)23-14-19(26-18(23)25)7-11-22(12-8-19)17(24)6-10-21-13-9-20-16(21)3/h9,13,15H,4-8,10-12,14H2,1-3H3/t15-/m0/s1. The zero-order valence-electron chi connectivity index (χ0n) is 16.1. The van der Waals surface area contributed by atoms with Gasteiger partial charge in [-0.15, -0.1) is 0 Å². The van der Waals surface area contributed by atoms with E-state index < -0.39 is 5.60 Å². The number of carbonyl (C=O) groups excluding carboxylic acids is 2. The third kappa shape index (κ3) is 3.86. The highest BCUT2D eigenvalue weighted by molar-refractivity contribution is 5.76. The van der Waals surface area contributed by atoms with Crippen molar-refractivity contribution in [2.75, 3.05) is 19.6 Å². The number of rotatable bonds is 6. The van der Waals surface area contributed by atoms with Crippen molar-refractivity contribution in [2.24, 2.45) is 0 Å². The lowest BCUT2D eigenvalue weighted by Gasteiger charge is -2.37. The van der Waals surface area contributed by atoms with Crippen molar-refractivity contribution < 1.29 is 14.3 Å². The number of piperidine rings is 1. The highest BCUT2D eigenvalue weighted by Crippen LogP contribution is 2.34. The van der Waals surface area contributed by atoms with Gasteiger partial charge in [-0.25, -0.2) is 9.78 Å². The lowest BCUT2D eigenvalue weighted by Crippen LogP contribution is -2.49. The molecule has 26 heavy (non-hydrogen) atoms. The second-order valence-electron chi connectivity index (χ2n) is 7.62. The molecule has 0 N–H and O–H groups in total. The van der Waals surface area contributed by atoms with E-state index in [1.54, 1.807) is 6.20 Å². The van der Waals surface area contributed by atoms with Crippen LogP contribution in [0, 0.1) is 6.92 Å². The highest BCUT2D eigenvalue weighted by Gasteiger charge is 2.48. The summed E-state index contributed by atoms with van der Waals surface area (Å²) in [6.45, 7) is 8.78. The zero-order chi connectivity index (χ0) is 18.7. The molecular weight excluding hydrogens is 332 g/mol. The van der Waals surface area contributed by atoms with E-state index in [0.717, 1.165) is 31.5 Å². The molecule has 0 bridgehead atoms. The molecule has 7 heteroatoms. The normalized spacial score (nSPS) is 20.5. The Kier molecular flexibility index (Phi) is 5.53. The van der Waals surface area contributed by atoms with Crippen molar-refractivity contribution in [3.8, 4) is 0 Å². The van der Waals surface area contributed by atoms with E-state index in [9.17, 15) is 9.59 Å². The number of amides is 2. The van der Waals surface area contributed by atoms with E-state index in [4.69, 9.17) is 4.74 Å². The molecule has 0 aromatic carbocycles. The number of aromatic nitrogens is 2. The van der Waals surface area contributed by atoms with Gasteiger partial charge in [-0.3, -0.25) is 4.79 Å². The fraction of sp³-hybridized carbons (Fsp3) is 0.737. The Morgan fingerprint density at radius 2 is 2.12 bits per heavy atom. The van der Waals surface area contributed by atoms with Crippen LogP contribution in [-0.4, -0.2) is 62.6 Å². The average Bonchev–Trinajstić information content (AvgIpc) is 3.17. The van der Waals surface area contributed by atoms with E-state index >= 15 is 0 Å². The summed E-state index contributed by atoms with van der Waals surface area (Å²) in [6.07, 6.45) is 7.43. The van der Waals surface area contributed by atoms with Crippen molar-refractivity contribution in [1.82, 2.24) is 19.4 Å². The molecule has 2 fully saturated rings. The summed E-state index contributed by atoms with van der Waals surface area (Å²) in [7, 11) is 0. The second kappa shape index (κ2) is 7.68.